The summed E-state index contributed by atoms with van der Waals surface area (Å²) in [5, 5.41) is 3.93. The molecule has 3 rings (SSSR count). The summed E-state index contributed by atoms with van der Waals surface area (Å²) in [6.45, 7) is 6.41. The van der Waals surface area contributed by atoms with Crippen LogP contribution < -0.4 is 10.1 Å². The van der Waals surface area contributed by atoms with Gasteiger partial charge in [-0.15, -0.1) is 0 Å². The standard InChI is InChI=1S/C29H32Cl2N2O3/c1-20(2)17-32-29(35)26(15-22-10-5-4-6-11-22)33(18-23-13-14-24(30)16-25(23)31)28(34)19-36-27-12-8-7-9-21(27)3/h4-14,16,20,26H,15,17-19H2,1-3H3,(H,32,35)/t26-/m1/s1. The Kier molecular flexibility index (Phi) is 10.2. The van der Waals surface area contributed by atoms with Gasteiger partial charge in [0.25, 0.3) is 5.91 Å². The molecule has 0 saturated carbocycles. The minimum atomic E-state index is -0.758. The summed E-state index contributed by atoms with van der Waals surface area (Å²) >= 11 is 12.6. The lowest BCUT2D eigenvalue weighted by molar-refractivity contribution is -0.142. The van der Waals surface area contributed by atoms with E-state index in [1.807, 2.05) is 75.4 Å². The number of aryl methyl sites for hydroxylation is 1. The molecule has 3 aromatic rings. The summed E-state index contributed by atoms with van der Waals surface area (Å²) in [7, 11) is 0. The monoisotopic (exact) mass is 526 g/mol. The zero-order valence-corrected chi connectivity index (χ0v) is 22.4. The largest absolute Gasteiger partial charge is 0.484 e. The van der Waals surface area contributed by atoms with Gasteiger partial charge in [0, 0.05) is 29.6 Å². The number of carbonyl (C=O) groups excluding carboxylic acids is 2. The Morgan fingerprint density at radius 2 is 1.67 bits per heavy atom. The van der Waals surface area contributed by atoms with Gasteiger partial charge in [-0.3, -0.25) is 9.59 Å². The number of nitrogens with one attached hydrogen (secondary N) is 1. The first-order valence-electron chi connectivity index (χ1n) is 12.0. The SMILES string of the molecule is Cc1ccccc1OCC(=O)N(Cc1ccc(Cl)cc1Cl)[C@H](Cc1ccccc1)C(=O)NCC(C)C. The Balaban J connectivity index is 1.94. The highest BCUT2D eigenvalue weighted by Crippen LogP contribution is 2.24. The molecule has 36 heavy (non-hydrogen) atoms. The molecule has 0 aromatic heterocycles. The van der Waals surface area contributed by atoms with Gasteiger partial charge >= 0.3 is 0 Å². The van der Waals surface area contributed by atoms with Gasteiger partial charge in [-0.25, -0.2) is 0 Å². The van der Waals surface area contributed by atoms with Crippen molar-refractivity contribution in [2.45, 2.75) is 39.8 Å². The summed E-state index contributed by atoms with van der Waals surface area (Å²) in [5.74, 6) is 0.358. The van der Waals surface area contributed by atoms with Crippen molar-refractivity contribution >= 4 is 35.0 Å². The first kappa shape index (κ1) is 27.6. The molecular weight excluding hydrogens is 495 g/mol. The smallest absolute Gasteiger partial charge is 0.261 e. The lowest BCUT2D eigenvalue weighted by Crippen LogP contribution is -2.52. The van der Waals surface area contributed by atoms with Gasteiger partial charge in [-0.2, -0.15) is 0 Å². The molecular formula is C29H32Cl2N2O3. The third-order valence-electron chi connectivity index (χ3n) is 5.76. The van der Waals surface area contributed by atoms with Gasteiger partial charge in [0.05, 0.1) is 0 Å². The molecule has 7 heteroatoms. The number of hydrogen-bond donors (Lipinski definition) is 1. The third kappa shape index (κ3) is 8.00. The van der Waals surface area contributed by atoms with E-state index in [1.165, 1.54) is 0 Å². The Morgan fingerprint density at radius 1 is 0.972 bits per heavy atom. The fourth-order valence-corrected chi connectivity index (χ4v) is 4.22. The molecule has 190 valence electrons. The quantitative estimate of drug-likeness (QED) is 0.328. The fraction of sp³-hybridized carbons (Fsp3) is 0.310. The molecule has 0 bridgehead atoms. The second-order valence-corrected chi connectivity index (χ2v) is 10.00. The van der Waals surface area contributed by atoms with Crippen molar-refractivity contribution in [3.05, 3.63) is 99.5 Å². The molecule has 5 nitrogen and oxygen atoms in total. The zero-order chi connectivity index (χ0) is 26.1. The molecule has 0 radical (unpaired) electrons. The number of amides is 2. The second kappa shape index (κ2) is 13.3. The Morgan fingerprint density at radius 3 is 2.33 bits per heavy atom. The second-order valence-electron chi connectivity index (χ2n) is 9.16. The van der Waals surface area contributed by atoms with Crippen molar-refractivity contribution in [1.29, 1.82) is 0 Å². The molecule has 0 aliphatic carbocycles. The van der Waals surface area contributed by atoms with E-state index in [4.69, 9.17) is 27.9 Å². The number of para-hydroxylation sites is 1. The van der Waals surface area contributed by atoms with Crippen LogP contribution in [0.5, 0.6) is 5.75 Å². The van der Waals surface area contributed by atoms with Crippen LogP contribution in [0, 0.1) is 12.8 Å². The first-order valence-corrected chi connectivity index (χ1v) is 12.7. The van der Waals surface area contributed by atoms with Crippen LogP contribution in [0.1, 0.15) is 30.5 Å². The van der Waals surface area contributed by atoms with E-state index in [0.29, 0.717) is 34.3 Å². The Bertz CT molecular complexity index is 1170. The van der Waals surface area contributed by atoms with E-state index in [2.05, 4.69) is 5.32 Å². The van der Waals surface area contributed by atoms with Crippen molar-refractivity contribution in [3.63, 3.8) is 0 Å². The number of nitrogens with zero attached hydrogens (tertiary/aromatic N) is 1. The zero-order valence-electron chi connectivity index (χ0n) is 20.8. The number of halogens is 2. The summed E-state index contributed by atoms with van der Waals surface area (Å²) in [6, 6.07) is 21.5. The molecule has 0 heterocycles. The van der Waals surface area contributed by atoms with Gasteiger partial charge in [0.2, 0.25) is 5.91 Å². The molecule has 1 atom stereocenters. The van der Waals surface area contributed by atoms with E-state index >= 15 is 0 Å². The maximum atomic E-state index is 13.6. The van der Waals surface area contributed by atoms with Crippen molar-refractivity contribution in [1.82, 2.24) is 10.2 Å². The molecule has 0 aliphatic rings. The lowest BCUT2D eigenvalue weighted by Gasteiger charge is -2.32. The van der Waals surface area contributed by atoms with Gasteiger partial charge in [0.15, 0.2) is 6.61 Å². The van der Waals surface area contributed by atoms with Crippen LogP contribution >= 0.6 is 23.2 Å². The minimum Gasteiger partial charge on any atom is -0.484 e. The maximum Gasteiger partial charge on any atom is 0.261 e. The molecule has 0 unspecified atom stereocenters. The highest BCUT2D eigenvalue weighted by atomic mass is 35.5. The van der Waals surface area contributed by atoms with Crippen LogP contribution in [0.3, 0.4) is 0 Å². The highest BCUT2D eigenvalue weighted by molar-refractivity contribution is 6.35. The predicted molar refractivity (Wildman–Crippen MR) is 145 cm³/mol. The molecule has 3 aromatic carbocycles. The summed E-state index contributed by atoms with van der Waals surface area (Å²) in [6.07, 6.45) is 0.353. The number of carbonyl (C=O) groups is 2. The molecule has 1 N–H and O–H groups in total. The average Bonchev–Trinajstić information content (AvgIpc) is 2.85. The predicted octanol–water partition coefficient (Wildman–Crippen LogP) is 6.09. The summed E-state index contributed by atoms with van der Waals surface area (Å²) in [4.78, 5) is 28.6. The van der Waals surface area contributed by atoms with E-state index in [0.717, 1.165) is 11.1 Å². The van der Waals surface area contributed by atoms with Crippen LogP contribution in [-0.4, -0.2) is 35.9 Å². The lowest BCUT2D eigenvalue weighted by atomic mass is 10.0. The summed E-state index contributed by atoms with van der Waals surface area (Å²) < 4.78 is 5.87. The topological polar surface area (TPSA) is 58.6 Å². The minimum absolute atomic E-state index is 0.137. The van der Waals surface area contributed by atoms with Crippen molar-refractivity contribution in [2.75, 3.05) is 13.2 Å². The van der Waals surface area contributed by atoms with Crippen molar-refractivity contribution < 1.29 is 14.3 Å². The molecule has 2 amide bonds. The fourth-order valence-electron chi connectivity index (χ4n) is 3.75. The average molecular weight is 527 g/mol. The van der Waals surface area contributed by atoms with Gasteiger partial charge < -0.3 is 15.0 Å². The first-order chi connectivity index (χ1) is 17.2. The Labute approximate surface area is 223 Å². The number of ether oxygens (including phenoxy) is 1. The number of hydrogen-bond acceptors (Lipinski definition) is 3. The van der Waals surface area contributed by atoms with Crippen LogP contribution in [0.25, 0.3) is 0 Å². The van der Waals surface area contributed by atoms with E-state index < -0.39 is 6.04 Å². The van der Waals surface area contributed by atoms with Crippen molar-refractivity contribution in [2.24, 2.45) is 5.92 Å². The van der Waals surface area contributed by atoms with E-state index in [9.17, 15) is 9.59 Å². The number of benzene rings is 3. The van der Waals surface area contributed by atoms with Gasteiger partial charge in [0.1, 0.15) is 11.8 Å². The summed E-state index contributed by atoms with van der Waals surface area (Å²) in [5.41, 5.74) is 2.56. The van der Waals surface area contributed by atoms with Crippen LogP contribution in [0.2, 0.25) is 10.0 Å². The molecule has 0 saturated heterocycles. The van der Waals surface area contributed by atoms with Crippen LogP contribution in [0.15, 0.2) is 72.8 Å². The van der Waals surface area contributed by atoms with E-state index in [1.54, 1.807) is 23.1 Å². The van der Waals surface area contributed by atoms with Gasteiger partial charge in [-0.05, 0) is 47.7 Å². The van der Waals surface area contributed by atoms with Crippen LogP contribution in [-0.2, 0) is 22.6 Å². The highest BCUT2D eigenvalue weighted by Gasteiger charge is 2.31. The van der Waals surface area contributed by atoms with Crippen LogP contribution in [0.4, 0.5) is 0 Å². The number of rotatable bonds is 11. The van der Waals surface area contributed by atoms with E-state index in [-0.39, 0.29) is 30.9 Å². The Hall–Kier alpha value is -3.02. The normalized spacial score (nSPS) is 11.7. The maximum absolute atomic E-state index is 13.6. The molecule has 0 spiro atoms. The third-order valence-corrected chi connectivity index (χ3v) is 6.34. The molecule has 0 fully saturated rings. The molecule has 0 aliphatic heterocycles. The van der Waals surface area contributed by atoms with Crippen molar-refractivity contribution in [3.8, 4) is 5.75 Å². The van der Waals surface area contributed by atoms with Gasteiger partial charge in [-0.1, -0.05) is 91.6 Å².